The van der Waals surface area contributed by atoms with Crippen LogP contribution >= 0.6 is 0 Å². The van der Waals surface area contributed by atoms with E-state index in [-0.39, 0.29) is 36.2 Å². The van der Waals surface area contributed by atoms with E-state index in [1.807, 2.05) is 37.3 Å². The zero-order valence-corrected chi connectivity index (χ0v) is 25.8. The summed E-state index contributed by atoms with van der Waals surface area (Å²) < 4.78 is 5.74. The molecule has 0 radical (unpaired) electrons. The molecule has 44 heavy (non-hydrogen) atoms. The van der Waals surface area contributed by atoms with E-state index >= 15 is 0 Å². The largest absolute Gasteiger partial charge is 0.504 e. The highest BCUT2D eigenvalue weighted by atomic mass is 16.5. The first-order valence-electron chi connectivity index (χ1n) is 16.1. The summed E-state index contributed by atoms with van der Waals surface area (Å²) in [5.74, 6) is 0.231. The molecular formula is C37H43NO6. The fraction of sp³-hybridized carbons (Fsp3) is 0.486. The molecule has 3 aliphatic rings. The van der Waals surface area contributed by atoms with Crippen LogP contribution in [0.4, 0.5) is 0 Å². The van der Waals surface area contributed by atoms with Crippen molar-refractivity contribution >= 4 is 28.8 Å². The van der Waals surface area contributed by atoms with Crippen LogP contribution in [0.1, 0.15) is 80.5 Å². The second-order valence-electron chi connectivity index (χ2n) is 13.4. The molecule has 3 aromatic carbocycles. The first-order chi connectivity index (χ1) is 21.1. The lowest BCUT2D eigenvalue weighted by molar-refractivity contribution is -0.165. The number of rotatable bonds is 10. The number of ether oxygens (including phenoxy) is 1. The Labute approximate surface area is 259 Å². The number of aliphatic hydroxyl groups is 1. The number of esters is 1. The summed E-state index contributed by atoms with van der Waals surface area (Å²) in [5.41, 5.74) is 1.30. The van der Waals surface area contributed by atoms with Gasteiger partial charge in [-0.25, -0.2) is 0 Å². The lowest BCUT2D eigenvalue weighted by Gasteiger charge is -2.60. The fourth-order valence-corrected chi connectivity index (χ4v) is 7.86. The monoisotopic (exact) mass is 597 g/mol. The van der Waals surface area contributed by atoms with E-state index in [1.54, 1.807) is 6.07 Å². The maximum atomic E-state index is 13.0. The second kappa shape index (κ2) is 12.1. The summed E-state index contributed by atoms with van der Waals surface area (Å²) in [7, 11) is 0. The van der Waals surface area contributed by atoms with Crippen molar-refractivity contribution in [1.82, 2.24) is 4.90 Å². The Bertz CT molecular complexity index is 1590. The van der Waals surface area contributed by atoms with Gasteiger partial charge in [-0.1, -0.05) is 42.5 Å². The minimum absolute atomic E-state index is 0.0692. The molecule has 3 fully saturated rings. The molecular weight excluding hydrogens is 554 g/mol. The smallest absolute Gasteiger partial charge is 0.311 e. The summed E-state index contributed by atoms with van der Waals surface area (Å²) in [6.07, 6.45) is 6.60. The van der Waals surface area contributed by atoms with Crippen molar-refractivity contribution < 1.29 is 29.3 Å². The van der Waals surface area contributed by atoms with Gasteiger partial charge in [0.1, 0.15) is 12.1 Å². The second-order valence-corrected chi connectivity index (χ2v) is 13.4. The van der Waals surface area contributed by atoms with Gasteiger partial charge >= 0.3 is 5.97 Å². The molecule has 1 aliphatic heterocycles. The normalized spacial score (nSPS) is 25.5. The highest BCUT2D eigenvalue weighted by molar-refractivity contribution is 5.84. The van der Waals surface area contributed by atoms with Gasteiger partial charge in [-0.2, -0.15) is 0 Å². The minimum atomic E-state index is -1.19. The SMILES string of the molecule is Cc1ccc(OC(=O)CCc2ccc3cc(CCC=O)ccc3c2)c(O)c1C12CCN(CC3CC3)C(C)C1(O)CCC(=O)C2. The molecule has 2 aliphatic carbocycles. The molecule has 0 bridgehead atoms. The summed E-state index contributed by atoms with van der Waals surface area (Å²) in [6, 6.07) is 15.5. The number of nitrogens with zero attached hydrogens (tertiary/aromatic N) is 1. The molecule has 0 amide bonds. The number of fused-ring (bicyclic) bond motifs is 2. The quantitative estimate of drug-likeness (QED) is 0.174. The van der Waals surface area contributed by atoms with Gasteiger partial charge < -0.3 is 19.7 Å². The van der Waals surface area contributed by atoms with Gasteiger partial charge in [0.05, 0.1) is 5.60 Å². The maximum absolute atomic E-state index is 13.0. The Morgan fingerprint density at radius 1 is 1.05 bits per heavy atom. The van der Waals surface area contributed by atoms with E-state index in [9.17, 15) is 24.6 Å². The number of carbonyl (C=O) groups is 3. The molecule has 7 nitrogen and oxygen atoms in total. The Hall–Kier alpha value is -3.55. The van der Waals surface area contributed by atoms with E-state index in [0.29, 0.717) is 43.6 Å². The highest BCUT2D eigenvalue weighted by Crippen LogP contribution is 2.57. The van der Waals surface area contributed by atoms with Gasteiger partial charge in [-0.3, -0.25) is 14.5 Å². The van der Waals surface area contributed by atoms with Crippen LogP contribution in [-0.2, 0) is 32.6 Å². The van der Waals surface area contributed by atoms with Gasteiger partial charge in [-0.15, -0.1) is 0 Å². The molecule has 2 saturated carbocycles. The molecule has 6 rings (SSSR count). The number of phenolic OH excluding ortho intramolecular Hbond substituents is 1. The van der Waals surface area contributed by atoms with Gasteiger partial charge in [0, 0.05) is 49.2 Å². The number of carbonyl (C=O) groups excluding carboxylic acids is 3. The molecule has 0 aromatic heterocycles. The molecule has 232 valence electrons. The van der Waals surface area contributed by atoms with Crippen LogP contribution in [0.5, 0.6) is 11.5 Å². The topological polar surface area (TPSA) is 104 Å². The van der Waals surface area contributed by atoms with Crippen LogP contribution in [0.25, 0.3) is 10.8 Å². The Morgan fingerprint density at radius 2 is 1.75 bits per heavy atom. The third kappa shape index (κ3) is 5.68. The lowest BCUT2D eigenvalue weighted by atomic mass is 9.53. The van der Waals surface area contributed by atoms with Crippen LogP contribution < -0.4 is 4.74 Å². The molecule has 3 unspecified atom stereocenters. The molecule has 2 N–H and O–H groups in total. The minimum Gasteiger partial charge on any atom is -0.504 e. The van der Waals surface area contributed by atoms with Crippen molar-refractivity contribution in [3.8, 4) is 11.5 Å². The molecule has 7 heteroatoms. The number of hydrogen-bond donors (Lipinski definition) is 2. The predicted molar refractivity (Wildman–Crippen MR) is 169 cm³/mol. The Morgan fingerprint density at radius 3 is 2.43 bits per heavy atom. The summed E-state index contributed by atoms with van der Waals surface area (Å²) in [4.78, 5) is 39.1. The van der Waals surface area contributed by atoms with Gasteiger partial charge in [0.2, 0.25) is 0 Å². The van der Waals surface area contributed by atoms with Crippen LogP contribution in [0.3, 0.4) is 0 Å². The Kier molecular flexibility index (Phi) is 8.38. The average Bonchev–Trinajstić information content (AvgIpc) is 3.83. The van der Waals surface area contributed by atoms with Crippen molar-refractivity contribution in [2.24, 2.45) is 5.92 Å². The van der Waals surface area contributed by atoms with Crippen LogP contribution in [0, 0.1) is 12.8 Å². The average molecular weight is 598 g/mol. The number of hydrogen-bond acceptors (Lipinski definition) is 7. The highest BCUT2D eigenvalue weighted by Gasteiger charge is 2.62. The number of aromatic hydroxyl groups is 1. The van der Waals surface area contributed by atoms with Crippen LogP contribution in [-0.4, -0.2) is 57.9 Å². The molecule has 0 spiro atoms. The number of aldehydes is 1. The van der Waals surface area contributed by atoms with Crippen molar-refractivity contribution in [2.75, 3.05) is 13.1 Å². The lowest BCUT2D eigenvalue weighted by Crippen LogP contribution is -2.70. The number of piperidine rings is 1. The number of Topliss-reactive ketones (excluding diaryl/α,β-unsaturated/α-hetero) is 1. The third-order valence-electron chi connectivity index (χ3n) is 10.6. The first-order valence-corrected chi connectivity index (χ1v) is 16.1. The van der Waals surface area contributed by atoms with Crippen molar-refractivity contribution in [3.63, 3.8) is 0 Å². The number of likely N-dealkylation sites (tertiary alicyclic amines) is 1. The number of benzene rings is 3. The van der Waals surface area contributed by atoms with Gasteiger partial charge in [0.15, 0.2) is 11.5 Å². The number of phenols is 1. The summed E-state index contributed by atoms with van der Waals surface area (Å²) in [5, 5.41) is 26.2. The molecule has 1 saturated heterocycles. The van der Waals surface area contributed by atoms with E-state index in [2.05, 4.69) is 24.0 Å². The maximum Gasteiger partial charge on any atom is 0.311 e. The van der Waals surface area contributed by atoms with Crippen LogP contribution in [0.15, 0.2) is 48.5 Å². The van der Waals surface area contributed by atoms with Crippen molar-refractivity contribution in [2.45, 2.75) is 95.1 Å². The first kappa shape index (κ1) is 30.5. The summed E-state index contributed by atoms with van der Waals surface area (Å²) >= 11 is 0. The van der Waals surface area contributed by atoms with Gasteiger partial charge in [0.25, 0.3) is 0 Å². The number of ketones is 1. The van der Waals surface area contributed by atoms with Crippen molar-refractivity contribution in [1.29, 1.82) is 0 Å². The predicted octanol–water partition coefficient (Wildman–Crippen LogP) is 5.75. The zero-order chi connectivity index (χ0) is 31.1. The summed E-state index contributed by atoms with van der Waals surface area (Å²) in [6.45, 7) is 5.64. The van der Waals surface area contributed by atoms with Crippen LogP contribution in [0.2, 0.25) is 0 Å². The molecule has 3 atom stereocenters. The van der Waals surface area contributed by atoms with E-state index in [1.165, 1.54) is 12.8 Å². The van der Waals surface area contributed by atoms with E-state index in [4.69, 9.17) is 4.74 Å². The fourth-order valence-electron chi connectivity index (χ4n) is 7.86. The number of aryl methyl sites for hydroxylation is 3. The van der Waals surface area contributed by atoms with Crippen molar-refractivity contribution in [3.05, 3.63) is 70.8 Å². The Balaban J connectivity index is 1.20. The van der Waals surface area contributed by atoms with E-state index in [0.717, 1.165) is 53.3 Å². The molecule has 1 heterocycles. The van der Waals surface area contributed by atoms with E-state index < -0.39 is 17.0 Å². The standard InChI is InChI=1S/C37H43NO6/c1-24-5-13-32(44-33(41)14-10-27-9-12-29-20-26(4-3-19-39)8-11-30(29)21-27)35(42)34(24)36-17-18-38(23-28-6-7-28)25(2)37(36,43)16-15-31(40)22-36/h5,8-9,11-13,19-21,25,28,42-43H,3-4,6-7,10,14-18,22-23H2,1-2H3. The molecule has 3 aromatic rings. The van der Waals surface area contributed by atoms with Gasteiger partial charge in [-0.05, 0) is 98.4 Å². The third-order valence-corrected chi connectivity index (χ3v) is 10.6. The zero-order valence-electron chi connectivity index (χ0n) is 25.8.